The van der Waals surface area contributed by atoms with Crippen LogP contribution in [-0.2, 0) is 4.74 Å². The van der Waals surface area contributed by atoms with Gasteiger partial charge in [0.15, 0.2) is 5.69 Å². The number of nitrogens with zero attached hydrogens (tertiary/aromatic N) is 3. The van der Waals surface area contributed by atoms with Crippen molar-refractivity contribution in [2.75, 3.05) is 43.2 Å². The Labute approximate surface area is 147 Å². The standard InChI is InChI=1S/C18H23N3O4/c1-4-24-17(22)16-12-25-18(19-16)21-10-9-20(11-13(21)2)14-5-7-15(23-3)8-6-14/h5-8,12-13H,4,9-11H2,1-3H3/t13-/m1/s1. The van der Waals surface area contributed by atoms with Gasteiger partial charge in [0.05, 0.1) is 13.7 Å². The fraction of sp³-hybridized carbons (Fsp3) is 0.444. The lowest BCUT2D eigenvalue weighted by Crippen LogP contribution is -2.52. The van der Waals surface area contributed by atoms with Gasteiger partial charge in [0.2, 0.25) is 0 Å². The van der Waals surface area contributed by atoms with Crippen molar-refractivity contribution in [1.29, 1.82) is 0 Å². The van der Waals surface area contributed by atoms with Crippen LogP contribution < -0.4 is 14.5 Å². The number of carbonyl (C=O) groups is 1. The number of rotatable bonds is 5. The van der Waals surface area contributed by atoms with E-state index in [1.165, 1.54) is 6.26 Å². The quantitative estimate of drug-likeness (QED) is 0.772. The number of piperazine rings is 1. The van der Waals surface area contributed by atoms with Gasteiger partial charge in [-0.25, -0.2) is 4.79 Å². The van der Waals surface area contributed by atoms with Crippen molar-refractivity contribution in [3.8, 4) is 5.75 Å². The summed E-state index contributed by atoms with van der Waals surface area (Å²) in [4.78, 5) is 20.4. The molecule has 7 nitrogen and oxygen atoms in total. The molecule has 0 unspecified atom stereocenters. The van der Waals surface area contributed by atoms with E-state index in [1.807, 2.05) is 12.1 Å². The minimum atomic E-state index is -0.456. The largest absolute Gasteiger partial charge is 0.497 e. The van der Waals surface area contributed by atoms with Gasteiger partial charge in [0.1, 0.15) is 12.0 Å². The van der Waals surface area contributed by atoms with E-state index >= 15 is 0 Å². The van der Waals surface area contributed by atoms with Crippen LogP contribution in [0.5, 0.6) is 5.75 Å². The number of ether oxygens (including phenoxy) is 2. The number of oxazole rings is 1. The normalized spacial score (nSPS) is 17.5. The highest BCUT2D eigenvalue weighted by Crippen LogP contribution is 2.25. The lowest BCUT2D eigenvalue weighted by atomic mass is 10.1. The van der Waals surface area contributed by atoms with Crippen molar-refractivity contribution in [3.05, 3.63) is 36.2 Å². The predicted molar refractivity (Wildman–Crippen MR) is 94.5 cm³/mol. The fourth-order valence-electron chi connectivity index (χ4n) is 2.96. The van der Waals surface area contributed by atoms with E-state index in [0.29, 0.717) is 12.6 Å². The SMILES string of the molecule is CCOC(=O)c1coc(N2CCN(c3ccc(OC)cc3)C[C@H]2C)n1. The smallest absolute Gasteiger partial charge is 0.360 e. The first-order chi connectivity index (χ1) is 12.1. The molecule has 0 bridgehead atoms. The van der Waals surface area contributed by atoms with Crippen LogP contribution in [0.2, 0.25) is 0 Å². The Morgan fingerprint density at radius 2 is 2.08 bits per heavy atom. The van der Waals surface area contributed by atoms with Crippen molar-refractivity contribution < 1.29 is 18.7 Å². The van der Waals surface area contributed by atoms with Gasteiger partial charge < -0.3 is 23.7 Å². The van der Waals surface area contributed by atoms with Crippen molar-refractivity contribution >= 4 is 17.7 Å². The van der Waals surface area contributed by atoms with Gasteiger partial charge in [-0.05, 0) is 38.1 Å². The molecule has 1 aromatic carbocycles. The number of benzene rings is 1. The minimum Gasteiger partial charge on any atom is -0.497 e. The molecule has 1 atom stereocenters. The van der Waals surface area contributed by atoms with Gasteiger partial charge in [0, 0.05) is 31.4 Å². The molecule has 1 aliphatic rings. The third-order valence-corrected chi connectivity index (χ3v) is 4.29. The maximum Gasteiger partial charge on any atom is 0.360 e. The molecule has 0 saturated carbocycles. The summed E-state index contributed by atoms with van der Waals surface area (Å²) in [5.41, 5.74) is 1.37. The minimum absolute atomic E-state index is 0.199. The number of hydrogen-bond acceptors (Lipinski definition) is 7. The highest BCUT2D eigenvalue weighted by Gasteiger charge is 2.28. The number of hydrogen-bond donors (Lipinski definition) is 0. The van der Waals surface area contributed by atoms with Crippen molar-refractivity contribution in [2.45, 2.75) is 19.9 Å². The van der Waals surface area contributed by atoms with Crippen LogP contribution in [0.3, 0.4) is 0 Å². The molecule has 1 saturated heterocycles. The van der Waals surface area contributed by atoms with E-state index < -0.39 is 5.97 Å². The van der Waals surface area contributed by atoms with Crippen LogP contribution >= 0.6 is 0 Å². The highest BCUT2D eigenvalue weighted by molar-refractivity contribution is 5.87. The molecule has 1 aromatic heterocycles. The number of carbonyl (C=O) groups excluding carboxylic acids is 1. The lowest BCUT2D eigenvalue weighted by Gasteiger charge is -2.40. The maximum absolute atomic E-state index is 11.7. The molecular formula is C18H23N3O4. The summed E-state index contributed by atoms with van der Waals surface area (Å²) < 4.78 is 15.6. The molecule has 134 valence electrons. The summed E-state index contributed by atoms with van der Waals surface area (Å²) >= 11 is 0. The molecule has 2 heterocycles. The lowest BCUT2D eigenvalue weighted by molar-refractivity contribution is 0.0519. The molecule has 1 aliphatic heterocycles. The zero-order chi connectivity index (χ0) is 17.8. The van der Waals surface area contributed by atoms with Gasteiger partial charge in [-0.1, -0.05) is 0 Å². The number of aromatic nitrogens is 1. The summed E-state index contributed by atoms with van der Waals surface area (Å²) in [5, 5.41) is 0. The average molecular weight is 345 g/mol. The summed E-state index contributed by atoms with van der Waals surface area (Å²) in [6.45, 7) is 6.63. The number of anilines is 2. The van der Waals surface area contributed by atoms with Crippen molar-refractivity contribution in [2.24, 2.45) is 0 Å². The Kier molecular flexibility index (Phi) is 5.11. The molecule has 3 rings (SSSR count). The number of esters is 1. The van der Waals surface area contributed by atoms with Crippen molar-refractivity contribution in [1.82, 2.24) is 4.98 Å². The molecule has 0 amide bonds. The van der Waals surface area contributed by atoms with E-state index in [-0.39, 0.29) is 11.7 Å². The Balaban J connectivity index is 1.66. The third kappa shape index (κ3) is 3.70. The average Bonchev–Trinajstić information content (AvgIpc) is 3.12. The Morgan fingerprint density at radius 3 is 2.72 bits per heavy atom. The third-order valence-electron chi connectivity index (χ3n) is 4.29. The second-order valence-electron chi connectivity index (χ2n) is 5.92. The zero-order valence-corrected chi connectivity index (χ0v) is 14.8. The van der Waals surface area contributed by atoms with Crippen LogP contribution in [0.4, 0.5) is 11.7 Å². The van der Waals surface area contributed by atoms with Gasteiger partial charge in [0.25, 0.3) is 6.01 Å². The van der Waals surface area contributed by atoms with E-state index in [0.717, 1.165) is 31.1 Å². The topological polar surface area (TPSA) is 68.0 Å². The molecule has 25 heavy (non-hydrogen) atoms. The fourth-order valence-corrected chi connectivity index (χ4v) is 2.96. The van der Waals surface area contributed by atoms with Gasteiger partial charge >= 0.3 is 5.97 Å². The van der Waals surface area contributed by atoms with Crippen LogP contribution in [0, 0.1) is 0 Å². The summed E-state index contributed by atoms with van der Waals surface area (Å²) in [5.74, 6) is 0.392. The Morgan fingerprint density at radius 1 is 1.32 bits per heavy atom. The molecule has 0 N–H and O–H groups in total. The van der Waals surface area contributed by atoms with Gasteiger partial charge in [-0.3, -0.25) is 0 Å². The van der Waals surface area contributed by atoms with Crippen LogP contribution in [0.15, 0.2) is 34.9 Å². The molecule has 0 spiro atoms. The molecule has 0 radical (unpaired) electrons. The molecule has 2 aromatic rings. The first kappa shape index (κ1) is 17.1. The summed E-state index contributed by atoms with van der Waals surface area (Å²) in [6, 6.07) is 8.71. The highest BCUT2D eigenvalue weighted by atomic mass is 16.5. The first-order valence-corrected chi connectivity index (χ1v) is 8.40. The molecule has 7 heteroatoms. The first-order valence-electron chi connectivity index (χ1n) is 8.40. The van der Waals surface area contributed by atoms with E-state index in [4.69, 9.17) is 13.9 Å². The van der Waals surface area contributed by atoms with Crippen LogP contribution in [0.25, 0.3) is 0 Å². The molecule has 1 fully saturated rings. The monoisotopic (exact) mass is 345 g/mol. The van der Waals surface area contributed by atoms with Gasteiger partial charge in [-0.15, -0.1) is 0 Å². The maximum atomic E-state index is 11.7. The van der Waals surface area contributed by atoms with Crippen molar-refractivity contribution in [3.63, 3.8) is 0 Å². The molecular weight excluding hydrogens is 322 g/mol. The molecule has 0 aliphatic carbocycles. The van der Waals surface area contributed by atoms with E-state index in [1.54, 1.807) is 14.0 Å². The summed E-state index contributed by atoms with van der Waals surface area (Å²) in [7, 11) is 1.66. The Bertz CT molecular complexity index is 713. The number of methoxy groups -OCH3 is 1. The van der Waals surface area contributed by atoms with Crippen LogP contribution in [-0.4, -0.2) is 50.3 Å². The second kappa shape index (κ2) is 7.46. The zero-order valence-electron chi connectivity index (χ0n) is 14.8. The van der Waals surface area contributed by atoms with Crippen LogP contribution in [0.1, 0.15) is 24.3 Å². The predicted octanol–water partition coefficient (Wildman–Crippen LogP) is 2.58. The summed E-state index contributed by atoms with van der Waals surface area (Å²) in [6.07, 6.45) is 1.36. The van der Waals surface area contributed by atoms with E-state index in [9.17, 15) is 4.79 Å². The Hall–Kier alpha value is -2.70. The van der Waals surface area contributed by atoms with E-state index in [2.05, 4.69) is 33.8 Å². The van der Waals surface area contributed by atoms with Gasteiger partial charge in [-0.2, -0.15) is 4.98 Å². The second-order valence-corrected chi connectivity index (χ2v) is 5.92.